The molecule has 0 aromatic rings. The molecule has 0 amide bonds. The highest BCUT2D eigenvalue weighted by Gasteiger charge is 2.47. The average Bonchev–Trinajstić information content (AvgIpc) is 2.50. The molecule has 0 spiro atoms. The SMILES string of the molecule is COC1=C(OC)C(Br)(CN)OC1OC. The van der Waals surface area contributed by atoms with Gasteiger partial charge in [-0.1, -0.05) is 0 Å². The molecule has 5 nitrogen and oxygen atoms in total. The van der Waals surface area contributed by atoms with Gasteiger partial charge in [-0.2, -0.15) is 0 Å². The third-order valence-electron chi connectivity index (χ3n) is 1.97. The van der Waals surface area contributed by atoms with Crippen molar-refractivity contribution in [1.29, 1.82) is 0 Å². The van der Waals surface area contributed by atoms with Gasteiger partial charge >= 0.3 is 0 Å². The number of hydrogen-bond donors (Lipinski definition) is 1. The zero-order valence-corrected chi connectivity index (χ0v) is 9.96. The van der Waals surface area contributed by atoms with Crippen molar-refractivity contribution in [3.05, 3.63) is 11.5 Å². The molecule has 14 heavy (non-hydrogen) atoms. The second kappa shape index (κ2) is 4.48. The van der Waals surface area contributed by atoms with E-state index in [2.05, 4.69) is 15.9 Å². The lowest BCUT2D eigenvalue weighted by Crippen LogP contribution is -2.35. The lowest BCUT2D eigenvalue weighted by Gasteiger charge is -2.21. The fourth-order valence-electron chi connectivity index (χ4n) is 1.31. The quantitative estimate of drug-likeness (QED) is 0.754. The van der Waals surface area contributed by atoms with Crippen LogP contribution in [0.25, 0.3) is 0 Å². The highest BCUT2D eigenvalue weighted by Crippen LogP contribution is 2.40. The smallest absolute Gasteiger partial charge is 0.221 e. The Morgan fingerprint density at radius 1 is 1.43 bits per heavy atom. The Hall–Kier alpha value is -0.300. The van der Waals surface area contributed by atoms with E-state index >= 15 is 0 Å². The first-order valence-electron chi connectivity index (χ1n) is 4.05. The van der Waals surface area contributed by atoms with Crippen molar-refractivity contribution in [3.63, 3.8) is 0 Å². The first kappa shape index (κ1) is 11.8. The lowest BCUT2D eigenvalue weighted by molar-refractivity contribution is -0.129. The van der Waals surface area contributed by atoms with Crippen LogP contribution in [0.2, 0.25) is 0 Å². The Morgan fingerprint density at radius 3 is 2.43 bits per heavy atom. The Labute approximate surface area is 91.3 Å². The second-order valence-electron chi connectivity index (χ2n) is 2.72. The van der Waals surface area contributed by atoms with Crippen molar-refractivity contribution < 1.29 is 18.9 Å². The van der Waals surface area contributed by atoms with E-state index in [0.29, 0.717) is 11.5 Å². The van der Waals surface area contributed by atoms with Gasteiger partial charge in [0.05, 0.1) is 14.2 Å². The van der Waals surface area contributed by atoms with E-state index < -0.39 is 10.8 Å². The van der Waals surface area contributed by atoms with Crippen molar-refractivity contribution in [1.82, 2.24) is 0 Å². The number of halogens is 1. The van der Waals surface area contributed by atoms with Crippen LogP contribution in [0.4, 0.5) is 0 Å². The summed E-state index contributed by atoms with van der Waals surface area (Å²) in [6.07, 6.45) is -0.585. The van der Waals surface area contributed by atoms with Crippen LogP contribution in [0.3, 0.4) is 0 Å². The van der Waals surface area contributed by atoms with Crippen LogP contribution < -0.4 is 5.73 Å². The summed E-state index contributed by atoms with van der Waals surface area (Å²) < 4.78 is 20.0. The maximum absolute atomic E-state index is 5.57. The average molecular weight is 268 g/mol. The number of methoxy groups -OCH3 is 3. The summed E-state index contributed by atoms with van der Waals surface area (Å²) in [4.78, 5) is 0. The highest BCUT2D eigenvalue weighted by molar-refractivity contribution is 9.10. The van der Waals surface area contributed by atoms with Gasteiger partial charge in [0, 0.05) is 13.7 Å². The molecule has 0 aliphatic carbocycles. The summed E-state index contributed by atoms with van der Waals surface area (Å²) in [5.41, 5.74) is 5.57. The molecule has 1 heterocycles. The molecule has 2 unspecified atom stereocenters. The van der Waals surface area contributed by atoms with E-state index in [0.717, 1.165) is 0 Å². The normalized spacial score (nSPS) is 32.2. The number of nitrogens with two attached hydrogens (primary N) is 1. The zero-order chi connectivity index (χ0) is 10.8. The van der Waals surface area contributed by atoms with Crippen LogP contribution >= 0.6 is 15.9 Å². The van der Waals surface area contributed by atoms with Crippen LogP contribution in [0.15, 0.2) is 11.5 Å². The Kier molecular flexibility index (Phi) is 3.77. The second-order valence-corrected chi connectivity index (χ2v) is 4.00. The first-order valence-corrected chi connectivity index (χ1v) is 4.84. The Bertz CT molecular complexity index is 245. The van der Waals surface area contributed by atoms with Gasteiger partial charge in [0.15, 0.2) is 16.0 Å². The lowest BCUT2D eigenvalue weighted by atomic mass is 10.3. The van der Waals surface area contributed by atoms with E-state index in [-0.39, 0.29) is 6.54 Å². The molecule has 6 heteroatoms. The van der Waals surface area contributed by atoms with Crippen LogP contribution in [0.5, 0.6) is 0 Å². The van der Waals surface area contributed by atoms with Crippen molar-refractivity contribution in [2.75, 3.05) is 27.9 Å². The van der Waals surface area contributed by atoms with Gasteiger partial charge in [0.1, 0.15) is 0 Å². The molecule has 82 valence electrons. The molecular weight excluding hydrogens is 254 g/mol. The minimum Gasteiger partial charge on any atom is -0.493 e. The molecular formula is C8H14BrNO4. The van der Waals surface area contributed by atoms with Crippen molar-refractivity contribution in [3.8, 4) is 0 Å². The molecule has 0 saturated carbocycles. The summed E-state index contributed by atoms with van der Waals surface area (Å²) in [5, 5.41) is 0. The standard InChI is InChI=1S/C8H14BrNO4/c1-11-5-6(12-2)8(9,4-10)14-7(5)13-3/h7H,4,10H2,1-3H3. The molecule has 0 bridgehead atoms. The summed E-state index contributed by atoms with van der Waals surface area (Å²) in [7, 11) is 4.58. The maximum Gasteiger partial charge on any atom is 0.221 e. The van der Waals surface area contributed by atoms with Crippen LogP contribution in [-0.4, -0.2) is 38.7 Å². The molecule has 2 N–H and O–H groups in total. The summed E-state index contributed by atoms with van der Waals surface area (Å²) in [5.74, 6) is 1.01. The highest BCUT2D eigenvalue weighted by atomic mass is 79.9. The van der Waals surface area contributed by atoms with Gasteiger partial charge in [-0.05, 0) is 15.9 Å². The number of rotatable bonds is 4. The fourth-order valence-corrected chi connectivity index (χ4v) is 1.83. The zero-order valence-electron chi connectivity index (χ0n) is 8.37. The predicted molar refractivity (Wildman–Crippen MR) is 53.6 cm³/mol. The maximum atomic E-state index is 5.57. The van der Waals surface area contributed by atoms with E-state index in [1.807, 2.05) is 0 Å². The first-order chi connectivity index (χ1) is 6.62. The molecule has 0 fully saturated rings. The van der Waals surface area contributed by atoms with E-state index in [9.17, 15) is 0 Å². The minimum atomic E-state index is -0.853. The van der Waals surface area contributed by atoms with Crippen LogP contribution in [-0.2, 0) is 18.9 Å². The van der Waals surface area contributed by atoms with Gasteiger partial charge < -0.3 is 24.7 Å². The predicted octanol–water partition coefficient (Wildman–Crippen LogP) is 0.543. The molecule has 0 saturated heterocycles. The topological polar surface area (TPSA) is 62.9 Å². The molecule has 1 rings (SSSR count). The molecule has 0 radical (unpaired) electrons. The molecule has 1 aliphatic rings. The van der Waals surface area contributed by atoms with Gasteiger partial charge in [-0.25, -0.2) is 0 Å². The number of ether oxygens (including phenoxy) is 4. The summed E-state index contributed by atoms with van der Waals surface area (Å²) in [6.45, 7) is 0.225. The minimum absolute atomic E-state index is 0.225. The molecule has 0 aromatic carbocycles. The van der Waals surface area contributed by atoms with Crippen molar-refractivity contribution in [2.24, 2.45) is 5.73 Å². The Balaban J connectivity index is 3.03. The largest absolute Gasteiger partial charge is 0.493 e. The van der Waals surface area contributed by atoms with Crippen molar-refractivity contribution in [2.45, 2.75) is 10.8 Å². The van der Waals surface area contributed by atoms with Gasteiger partial charge in [-0.15, -0.1) is 0 Å². The van der Waals surface area contributed by atoms with Gasteiger partial charge in [0.25, 0.3) is 0 Å². The van der Waals surface area contributed by atoms with Gasteiger partial charge in [-0.3, -0.25) is 0 Å². The van der Waals surface area contributed by atoms with Crippen molar-refractivity contribution >= 4 is 15.9 Å². The third-order valence-corrected chi connectivity index (χ3v) is 2.84. The Morgan fingerprint density at radius 2 is 2.07 bits per heavy atom. The fraction of sp³-hybridized carbons (Fsp3) is 0.750. The summed E-state index contributed by atoms with van der Waals surface area (Å²) in [6, 6.07) is 0. The monoisotopic (exact) mass is 267 g/mol. The van der Waals surface area contributed by atoms with Gasteiger partial charge in [0.2, 0.25) is 6.29 Å². The molecule has 2 atom stereocenters. The molecule has 1 aliphatic heterocycles. The molecule has 0 aromatic heterocycles. The summed E-state index contributed by atoms with van der Waals surface area (Å²) >= 11 is 3.34. The van der Waals surface area contributed by atoms with E-state index in [4.69, 9.17) is 24.7 Å². The van der Waals surface area contributed by atoms with E-state index in [1.165, 1.54) is 21.3 Å². The van der Waals surface area contributed by atoms with E-state index in [1.54, 1.807) is 0 Å². The number of hydrogen-bond acceptors (Lipinski definition) is 5. The number of alkyl halides is 1. The van der Waals surface area contributed by atoms with Crippen LogP contribution in [0.1, 0.15) is 0 Å². The van der Waals surface area contributed by atoms with Crippen LogP contribution in [0, 0.1) is 0 Å². The third kappa shape index (κ3) is 1.75.